The van der Waals surface area contributed by atoms with Crippen LogP contribution in [0.2, 0.25) is 0 Å². The third kappa shape index (κ3) is 6.23. The molecule has 0 atom stereocenters. The third-order valence-corrected chi connectivity index (χ3v) is 8.21. The van der Waals surface area contributed by atoms with Gasteiger partial charge in [-0.15, -0.1) is 10.2 Å². The number of benzene rings is 4. The fourth-order valence-electron chi connectivity index (χ4n) is 4.52. The van der Waals surface area contributed by atoms with Crippen molar-refractivity contribution < 1.29 is 28.2 Å². The molecule has 0 aliphatic carbocycles. The first-order valence-electron chi connectivity index (χ1n) is 13.3. The van der Waals surface area contributed by atoms with Crippen molar-refractivity contribution in [3.8, 4) is 17.2 Å². The number of anilines is 1. The number of hydrogen-bond acceptors (Lipinski definition) is 7. The van der Waals surface area contributed by atoms with E-state index in [0.717, 1.165) is 0 Å². The normalized spacial score (nSPS) is 12.5. The zero-order valence-electron chi connectivity index (χ0n) is 24.7. The van der Waals surface area contributed by atoms with Gasteiger partial charge >= 0.3 is 0 Å². The summed E-state index contributed by atoms with van der Waals surface area (Å²) in [7, 11) is -2.54. The Morgan fingerprint density at radius 3 is 1.88 bits per heavy atom. The van der Waals surface area contributed by atoms with Crippen LogP contribution in [0.1, 0.15) is 63.0 Å². The van der Waals surface area contributed by atoms with E-state index in [1.807, 2.05) is 41.5 Å². The molecular formula is C32H35N3O6S. The van der Waals surface area contributed by atoms with Crippen LogP contribution in [0, 0.1) is 0 Å². The van der Waals surface area contributed by atoms with Crippen molar-refractivity contribution in [1.29, 1.82) is 0 Å². The van der Waals surface area contributed by atoms with Crippen molar-refractivity contribution in [3.05, 3.63) is 83.4 Å². The summed E-state index contributed by atoms with van der Waals surface area (Å²) in [5.74, 6) is -0.302. The van der Waals surface area contributed by atoms with E-state index < -0.39 is 26.8 Å². The molecular weight excluding hydrogens is 554 g/mol. The molecule has 0 saturated carbocycles. The number of sulfonamides is 1. The predicted octanol–water partition coefficient (Wildman–Crippen LogP) is 7.58. The molecule has 4 aromatic rings. The molecule has 10 heteroatoms. The number of nitrogens with zero attached hydrogens (tertiary/aromatic N) is 2. The predicted molar refractivity (Wildman–Crippen MR) is 164 cm³/mol. The second-order valence-electron chi connectivity index (χ2n) is 12.0. The summed E-state index contributed by atoms with van der Waals surface area (Å²) in [6.07, 6.45) is 0. The lowest BCUT2D eigenvalue weighted by molar-refractivity contribution is 0.0994. The lowest BCUT2D eigenvalue weighted by atomic mass is 9.78. The van der Waals surface area contributed by atoms with Gasteiger partial charge in [0.1, 0.15) is 17.2 Å². The summed E-state index contributed by atoms with van der Waals surface area (Å²) < 4.78 is 34.1. The number of rotatable bonds is 6. The number of amides is 1. The Morgan fingerprint density at radius 1 is 0.810 bits per heavy atom. The molecule has 0 aliphatic rings. The van der Waals surface area contributed by atoms with Gasteiger partial charge in [-0.2, -0.15) is 0 Å². The number of phenols is 2. The molecule has 42 heavy (non-hydrogen) atoms. The zero-order valence-corrected chi connectivity index (χ0v) is 25.5. The molecule has 0 saturated heterocycles. The molecule has 0 fully saturated rings. The molecule has 220 valence electrons. The molecule has 4 aromatic carbocycles. The van der Waals surface area contributed by atoms with Crippen molar-refractivity contribution in [3.63, 3.8) is 0 Å². The van der Waals surface area contributed by atoms with Crippen LogP contribution in [0.25, 0.3) is 10.8 Å². The molecule has 0 heterocycles. The van der Waals surface area contributed by atoms with Crippen LogP contribution in [-0.4, -0.2) is 31.6 Å². The van der Waals surface area contributed by atoms with Gasteiger partial charge in [0, 0.05) is 27.5 Å². The summed E-state index contributed by atoms with van der Waals surface area (Å²) >= 11 is 0. The van der Waals surface area contributed by atoms with Crippen LogP contribution >= 0.6 is 0 Å². The fraction of sp³-hybridized carbons (Fsp3) is 0.281. The molecule has 9 nitrogen and oxygen atoms in total. The van der Waals surface area contributed by atoms with Crippen LogP contribution in [0.3, 0.4) is 0 Å². The lowest BCUT2D eigenvalue weighted by Gasteiger charge is -2.27. The van der Waals surface area contributed by atoms with E-state index in [9.17, 15) is 23.4 Å². The maximum atomic E-state index is 13.3. The van der Waals surface area contributed by atoms with Gasteiger partial charge in [0.05, 0.1) is 17.7 Å². The summed E-state index contributed by atoms with van der Waals surface area (Å²) in [4.78, 5) is 13.3. The molecule has 1 amide bonds. The first-order valence-corrected chi connectivity index (χ1v) is 14.8. The number of methoxy groups -OCH3 is 1. The summed E-state index contributed by atoms with van der Waals surface area (Å²) in [6, 6.07) is 17.1. The van der Waals surface area contributed by atoms with Crippen molar-refractivity contribution in [1.82, 2.24) is 0 Å². The van der Waals surface area contributed by atoms with E-state index in [-0.39, 0.29) is 33.3 Å². The molecule has 0 spiro atoms. The molecule has 4 rings (SSSR count). The highest BCUT2D eigenvalue weighted by Crippen LogP contribution is 2.42. The van der Waals surface area contributed by atoms with Gasteiger partial charge in [-0.3, -0.25) is 9.52 Å². The van der Waals surface area contributed by atoms with Gasteiger partial charge in [0.2, 0.25) is 0 Å². The minimum Gasteiger partial charge on any atom is -0.507 e. The number of azo groups is 1. The maximum Gasteiger partial charge on any atom is 0.295 e. The van der Waals surface area contributed by atoms with Gasteiger partial charge in [-0.05, 0) is 53.3 Å². The average Bonchev–Trinajstić information content (AvgIpc) is 2.92. The Bertz CT molecular complexity index is 1760. The number of nitrogens with one attached hydrogen (secondary N) is 1. The molecule has 0 aliphatic heterocycles. The number of aromatic hydroxyl groups is 2. The van der Waals surface area contributed by atoms with Gasteiger partial charge in [0.25, 0.3) is 15.9 Å². The highest BCUT2D eigenvalue weighted by molar-refractivity contribution is 7.92. The van der Waals surface area contributed by atoms with Crippen molar-refractivity contribution in [2.45, 2.75) is 57.3 Å². The van der Waals surface area contributed by atoms with Gasteiger partial charge in [-0.1, -0.05) is 65.8 Å². The number of phenolic OH excluding ortho intramolecular Hbond substituents is 2. The summed E-state index contributed by atoms with van der Waals surface area (Å²) in [5.41, 5.74) is 0.561. The van der Waals surface area contributed by atoms with Crippen molar-refractivity contribution in [2.75, 3.05) is 11.8 Å². The number of hydrogen-bond donors (Lipinski definition) is 3. The molecule has 0 bridgehead atoms. The number of ether oxygens (including phenoxy) is 1. The third-order valence-electron chi connectivity index (χ3n) is 6.83. The number of carbonyl (C=O) groups excluding carboxylic acids is 1. The van der Waals surface area contributed by atoms with Crippen molar-refractivity contribution in [2.24, 2.45) is 10.2 Å². The van der Waals surface area contributed by atoms with E-state index in [4.69, 9.17) is 4.74 Å². The van der Waals surface area contributed by atoms with Crippen molar-refractivity contribution >= 4 is 38.1 Å². The van der Waals surface area contributed by atoms with E-state index in [0.29, 0.717) is 27.6 Å². The fourth-order valence-corrected chi connectivity index (χ4v) is 5.59. The maximum absolute atomic E-state index is 13.3. The standard InChI is InChI=1S/C32H35N3O6S/c1-31(2,3)24-16-19(17-25(29(24)37)32(4,5)6)30(38)34-33-27-18-26(22-10-8-9-11-23(22)28(27)36)35-42(39,40)21-14-12-20(41-7)13-15-21/h8-18,35-37H,1-7H3. The van der Waals surface area contributed by atoms with Crippen LogP contribution in [0.4, 0.5) is 11.4 Å². The van der Waals surface area contributed by atoms with Crippen LogP contribution in [0.5, 0.6) is 17.2 Å². The summed E-state index contributed by atoms with van der Waals surface area (Å²) in [6.45, 7) is 11.6. The number of carbonyl (C=O) groups is 1. The van der Waals surface area contributed by atoms with E-state index in [2.05, 4.69) is 15.0 Å². The minimum absolute atomic E-state index is 0.00967. The quantitative estimate of drug-likeness (QED) is 0.157. The Labute approximate surface area is 245 Å². The average molecular weight is 590 g/mol. The first kappa shape index (κ1) is 30.5. The van der Waals surface area contributed by atoms with Gasteiger partial charge < -0.3 is 14.9 Å². The largest absolute Gasteiger partial charge is 0.507 e. The highest BCUT2D eigenvalue weighted by atomic mass is 32.2. The Balaban J connectivity index is 1.77. The molecule has 0 aromatic heterocycles. The topological polar surface area (TPSA) is 138 Å². The van der Waals surface area contributed by atoms with Gasteiger partial charge in [-0.25, -0.2) is 8.42 Å². The van der Waals surface area contributed by atoms with Gasteiger partial charge in [0.15, 0.2) is 5.75 Å². The van der Waals surface area contributed by atoms with Crippen LogP contribution in [0.15, 0.2) is 81.9 Å². The van der Waals surface area contributed by atoms with E-state index >= 15 is 0 Å². The van der Waals surface area contributed by atoms with E-state index in [1.165, 1.54) is 37.4 Å². The molecule has 0 unspecified atom stereocenters. The smallest absolute Gasteiger partial charge is 0.295 e. The second-order valence-corrected chi connectivity index (χ2v) is 13.7. The van der Waals surface area contributed by atoms with Crippen LogP contribution in [-0.2, 0) is 20.9 Å². The molecule has 3 N–H and O–H groups in total. The Morgan fingerprint density at radius 2 is 1.36 bits per heavy atom. The summed E-state index contributed by atoms with van der Waals surface area (Å²) in [5, 5.41) is 30.6. The van der Waals surface area contributed by atoms with Crippen LogP contribution < -0.4 is 9.46 Å². The monoisotopic (exact) mass is 589 g/mol. The minimum atomic E-state index is -4.03. The second kappa shape index (κ2) is 11.1. The first-order chi connectivity index (χ1) is 19.5. The number of fused-ring (bicyclic) bond motifs is 1. The Hall–Kier alpha value is -4.44. The SMILES string of the molecule is COc1ccc(S(=O)(=O)Nc2cc(N=NC(=O)c3cc(C(C)(C)C)c(O)c(C(C)(C)C)c3)c(O)c3ccccc23)cc1. The highest BCUT2D eigenvalue weighted by Gasteiger charge is 2.28. The lowest BCUT2D eigenvalue weighted by Crippen LogP contribution is -2.18. The zero-order chi connectivity index (χ0) is 31.0. The Kier molecular flexibility index (Phi) is 8.06. The molecule has 0 radical (unpaired) electrons. The van der Waals surface area contributed by atoms with E-state index in [1.54, 1.807) is 36.4 Å².